The zero-order valence-corrected chi connectivity index (χ0v) is 27.7. The number of rotatable bonds is 9. The molecule has 0 bridgehead atoms. The van der Waals surface area contributed by atoms with Crippen molar-refractivity contribution in [1.29, 1.82) is 5.26 Å². The Morgan fingerprint density at radius 1 is 1.27 bits per heavy atom. The van der Waals surface area contributed by atoms with E-state index in [1.54, 1.807) is 24.2 Å². The summed E-state index contributed by atoms with van der Waals surface area (Å²) in [7, 11) is -0.374. The molecule has 1 saturated heterocycles. The molecule has 0 N–H and O–H groups in total. The molecule has 2 aliphatic rings. The molecule has 1 fully saturated rings. The molecule has 11 nitrogen and oxygen atoms in total. The Balaban J connectivity index is 1.54. The maximum absolute atomic E-state index is 13.2. The quantitative estimate of drug-likeness (QED) is 0.123. The lowest BCUT2D eigenvalue weighted by Crippen LogP contribution is -2.38. The van der Waals surface area contributed by atoms with Gasteiger partial charge in [0, 0.05) is 41.4 Å². The van der Waals surface area contributed by atoms with Crippen LogP contribution in [0.15, 0.2) is 17.1 Å². The van der Waals surface area contributed by atoms with E-state index in [2.05, 4.69) is 34.5 Å². The van der Waals surface area contributed by atoms with Crippen molar-refractivity contribution in [3.05, 3.63) is 33.0 Å². The summed E-state index contributed by atoms with van der Waals surface area (Å²) < 4.78 is 78.2. The van der Waals surface area contributed by atoms with Crippen molar-refractivity contribution in [2.75, 3.05) is 27.7 Å². The molecular formula is C28H32F3N7O4S3. The van der Waals surface area contributed by atoms with Gasteiger partial charge in [0.1, 0.15) is 28.6 Å². The molecule has 0 radical (unpaired) electrons. The Morgan fingerprint density at radius 3 is 2.67 bits per heavy atom. The number of aromatic nitrogens is 3. The minimum Gasteiger partial charge on any atom is -0.459 e. The fourth-order valence-corrected chi connectivity index (χ4v) is 8.36. The first-order chi connectivity index (χ1) is 21.1. The van der Waals surface area contributed by atoms with Crippen molar-refractivity contribution in [3.8, 4) is 29.3 Å². The maximum atomic E-state index is 13.2. The van der Waals surface area contributed by atoms with Gasteiger partial charge >= 0.3 is 21.6 Å². The topological polar surface area (TPSA) is 134 Å². The minimum atomic E-state index is -6.01. The molecule has 45 heavy (non-hydrogen) atoms. The Hall–Kier alpha value is -3.33. The Bertz CT molecular complexity index is 1750. The summed E-state index contributed by atoms with van der Waals surface area (Å²) in [5.41, 5.74) is -4.55. The number of aryl methyl sites for hydroxylation is 1. The number of halogens is 3. The van der Waals surface area contributed by atoms with Crippen molar-refractivity contribution in [1.82, 2.24) is 24.1 Å². The van der Waals surface area contributed by atoms with Gasteiger partial charge in [-0.1, -0.05) is 6.92 Å². The molecule has 0 spiro atoms. The first-order valence-electron chi connectivity index (χ1n) is 14.1. The van der Waals surface area contributed by atoms with E-state index in [4.69, 9.17) is 4.74 Å². The van der Waals surface area contributed by atoms with Crippen LogP contribution in [0.4, 0.5) is 18.2 Å². The van der Waals surface area contributed by atoms with Gasteiger partial charge in [0.15, 0.2) is 0 Å². The highest BCUT2D eigenvalue weighted by Crippen LogP contribution is 2.51. The highest BCUT2D eigenvalue weighted by molar-refractivity contribution is 7.87. The van der Waals surface area contributed by atoms with E-state index in [1.807, 2.05) is 28.1 Å². The number of ether oxygens (including phenoxy) is 1. The molecule has 0 aromatic carbocycles. The summed E-state index contributed by atoms with van der Waals surface area (Å²) in [6.45, 7) is 4.69. The van der Waals surface area contributed by atoms with Gasteiger partial charge < -0.3 is 13.8 Å². The summed E-state index contributed by atoms with van der Waals surface area (Å²) in [5, 5.41) is 10.8. The van der Waals surface area contributed by atoms with Crippen LogP contribution in [0, 0.1) is 11.3 Å². The van der Waals surface area contributed by atoms with Gasteiger partial charge in [-0.3, -0.25) is 4.90 Å². The predicted octanol–water partition coefficient (Wildman–Crippen LogP) is 5.49. The van der Waals surface area contributed by atoms with Crippen LogP contribution in [0.1, 0.15) is 60.4 Å². The van der Waals surface area contributed by atoms with E-state index in [1.165, 1.54) is 22.9 Å². The lowest BCUT2D eigenvalue weighted by molar-refractivity contribution is -0.0501. The van der Waals surface area contributed by atoms with Gasteiger partial charge in [0.05, 0.1) is 11.9 Å². The second-order valence-electron chi connectivity index (χ2n) is 11.5. The monoisotopic (exact) mass is 683 g/mol. The molecule has 1 aliphatic carbocycles. The summed E-state index contributed by atoms with van der Waals surface area (Å²) in [5.74, 6) is -0.840. The van der Waals surface area contributed by atoms with E-state index in [-0.39, 0.29) is 23.4 Å². The molecule has 0 saturated carbocycles. The lowest BCUT2D eigenvalue weighted by Gasteiger charge is -2.33. The van der Waals surface area contributed by atoms with Crippen LogP contribution in [-0.4, -0.2) is 84.2 Å². The lowest BCUT2D eigenvalue weighted by atomic mass is 9.71. The second kappa shape index (κ2) is 12.5. The number of nitriles is 1. The fraction of sp³-hybridized carbons (Fsp3) is 0.536. The molecule has 0 amide bonds. The third kappa shape index (κ3) is 6.64. The van der Waals surface area contributed by atoms with Crippen LogP contribution in [-0.2, 0) is 22.0 Å². The van der Waals surface area contributed by atoms with Crippen LogP contribution < -0.4 is 8.92 Å². The van der Waals surface area contributed by atoms with Crippen molar-refractivity contribution >= 4 is 44.3 Å². The largest absolute Gasteiger partial charge is 0.534 e. The van der Waals surface area contributed by atoms with Gasteiger partial charge in [0.25, 0.3) is 0 Å². The van der Waals surface area contributed by atoms with Crippen molar-refractivity contribution in [3.63, 3.8) is 0 Å². The number of likely N-dealkylation sites (N-methyl/N-ethyl adjacent to an activating group) is 1. The molecule has 4 heterocycles. The number of fused-ring (bicyclic) bond motifs is 1. The minimum absolute atomic E-state index is 0.0127. The van der Waals surface area contributed by atoms with Crippen molar-refractivity contribution < 1.29 is 30.5 Å². The Labute approximate surface area is 267 Å². The van der Waals surface area contributed by atoms with Crippen molar-refractivity contribution in [2.24, 2.45) is 4.99 Å². The first-order valence-corrected chi connectivity index (χ1v) is 17.1. The maximum Gasteiger partial charge on any atom is 0.534 e. The predicted molar refractivity (Wildman–Crippen MR) is 165 cm³/mol. The molecular weight excluding hydrogens is 652 g/mol. The van der Waals surface area contributed by atoms with Gasteiger partial charge in [-0.05, 0) is 75.8 Å². The zero-order chi connectivity index (χ0) is 32.7. The Morgan fingerprint density at radius 2 is 2.02 bits per heavy atom. The summed E-state index contributed by atoms with van der Waals surface area (Å²) in [6, 6.07) is 4.77. The zero-order valence-electron chi connectivity index (χ0n) is 25.3. The summed E-state index contributed by atoms with van der Waals surface area (Å²) in [6.07, 6.45) is 5.41. The molecule has 1 aliphatic heterocycles. The number of alkyl halides is 3. The standard InChI is InChI=1S/C28H32F3N7O4S3/c1-16(20-8-7-11-38(20)5)41-26-34-18(13-23(35-26)42-45(39,40)28(29,30)31)19-12-22(44-36-19)27(2)10-6-9-21-24(27)17(14-32)25(43-21)33-15-37(3)4/h12-13,15-16,20H,6-11H2,1-5H3/t16-,20-,27?/m0/s1. The van der Waals surface area contributed by atoms with Gasteiger partial charge in [-0.15, -0.1) is 11.3 Å². The van der Waals surface area contributed by atoms with Crippen molar-refractivity contribution in [2.45, 2.75) is 69.0 Å². The average Bonchev–Trinajstić information content (AvgIpc) is 3.70. The van der Waals surface area contributed by atoms with Crippen LogP contribution in [0.3, 0.4) is 0 Å². The SMILES string of the molecule is C[C@H](Oc1nc(OS(=O)(=O)C(F)(F)F)cc(-c2cc(C3(C)CCCc4sc(N=CN(C)C)c(C#N)c43)sn2)n1)[C@@H]1CCCN1C. The fourth-order valence-electron chi connectivity index (χ4n) is 5.78. The first kappa shape index (κ1) is 33.0. The van der Waals surface area contributed by atoms with E-state index >= 15 is 0 Å². The smallest absolute Gasteiger partial charge is 0.459 e. The number of hydrogen-bond donors (Lipinski definition) is 0. The van der Waals surface area contributed by atoms with Gasteiger partial charge in [-0.25, -0.2) is 4.99 Å². The molecule has 3 atom stereocenters. The van der Waals surface area contributed by atoms with E-state index in [9.17, 15) is 26.9 Å². The number of aliphatic imine (C=N–C) groups is 1. The van der Waals surface area contributed by atoms with E-state index < -0.39 is 33.0 Å². The highest BCUT2D eigenvalue weighted by atomic mass is 32.2. The third-order valence-electron chi connectivity index (χ3n) is 8.00. The Kier molecular flexibility index (Phi) is 9.15. The van der Waals surface area contributed by atoms with Crippen LogP contribution >= 0.6 is 22.9 Å². The van der Waals surface area contributed by atoms with Crippen LogP contribution in [0.25, 0.3) is 11.4 Å². The average molecular weight is 684 g/mol. The van der Waals surface area contributed by atoms with Crippen LogP contribution in [0.2, 0.25) is 0 Å². The van der Waals surface area contributed by atoms with E-state index in [0.717, 1.165) is 60.0 Å². The number of thiophene rings is 1. The highest BCUT2D eigenvalue weighted by Gasteiger charge is 2.49. The van der Waals surface area contributed by atoms with Crippen LogP contribution in [0.5, 0.6) is 11.9 Å². The molecule has 17 heteroatoms. The molecule has 3 aromatic rings. The molecule has 3 aromatic heterocycles. The van der Waals surface area contributed by atoms with Gasteiger partial charge in [-0.2, -0.15) is 41.2 Å². The summed E-state index contributed by atoms with van der Waals surface area (Å²) in [4.78, 5) is 18.5. The number of likely N-dealkylation sites (tertiary alicyclic amines) is 1. The van der Waals surface area contributed by atoms with Gasteiger partial charge in [0.2, 0.25) is 5.88 Å². The summed E-state index contributed by atoms with van der Waals surface area (Å²) >= 11 is 2.66. The molecule has 5 rings (SSSR count). The normalized spacial score (nSPS) is 21.4. The molecule has 242 valence electrons. The van der Waals surface area contributed by atoms with E-state index in [0.29, 0.717) is 10.6 Å². The number of nitrogens with zero attached hydrogens (tertiary/aromatic N) is 7. The molecule has 1 unspecified atom stereocenters. The number of hydrogen-bond acceptors (Lipinski definition) is 12. The third-order valence-corrected chi connectivity index (χ3v) is 11.2. The second-order valence-corrected chi connectivity index (χ2v) is 15.0.